The molecule has 0 saturated heterocycles. The number of imidazole rings is 1. The molecule has 0 aliphatic heterocycles. The molecule has 2 aromatic heterocycles. The minimum absolute atomic E-state index is 0.0298. The van der Waals surface area contributed by atoms with Crippen molar-refractivity contribution in [3.05, 3.63) is 64.9 Å². The molecule has 0 aliphatic rings. The molecule has 0 aliphatic carbocycles. The van der Waals surface area contributed by atoms with E-state index in [2.05, 4.69) is 15.0 Å². The third-order valence-electron chi connectivity index (χ3n) is 3.87. The molecule has 0 atom stereocenters. The van der Waals surface area contributed by atoms with Gasteiger partial charge >= 0.3 is 0 Å². The Hall–Kier alpha value is -3.30. The van der Waals surface area contributed by atoms with Gasteiger partial charge in [0.2, 0.25) is 0 Å². The molecule has 10 heteroatoms. The zero-order valence-electron chi connectivity index (χ0n) is 14.0. The van der Waals surface area contributed by atoms with Crippen molar-refractivity contribution in [2.75, 3.05) is 0 Å². The summed E-state index contributed by atoms with van der Waals surface area (Å²) in [5.41, 5.74) is 6.69. The summed E-state index contributed by atoms with van der Waals surface area (Å²) in [7, 11) is 0. The summed E-state index contributed by atoms with van der Waals surface area (Å²) in [5.74, 6) is -2.94. The smallest absolute Gasteiger partial charge is 0.296 e. The van der Waals surface area contributed by atoms with E-state index in [9.17, 15) is 17.6 Å². The lowest BCUT2D eigenvalue weighted by Crippen LogP contribution is -2.21. The van der Waals surface area contributed by atoms with Gasteiger partial charge in [-0.15, -0.1) is 0 Å². The fourth-order valence-electron chi connectivity index (χ4n) is 2.47. The van der Waals surface area contributed by atoms with Gasteiger partial charge in [-0.05, 0) is 24.6 Å². The molecule has 3 aromatic rings. The lowest BCUT2D eigenvalue weighted by atomic mass is 10.1. The number of rotatable bonds is 4. The fourth-order valence-corrected chi connectivity index (χ4v) is 2.47. The first-order valence-electron chi connectivity index (χ1n) is 7.74. The van der Waals surface area contributed by atoms with Crippen molar-refractivity contribution in [3.63, 3.8) is 0 Å². The van der Waals surface area contributed by atoms with Crippen LogP contribution in [0, 0.1) is 24.0 Å². The highest BCUT2D eigenvalue weighted by Crippen LogP contribution is 2.19. The second kappa shape index (κ2) is 7.14. The van der Waals surface area contributed by atoms with Crippen LogP contribution >= 0.6 is 0 Å². The quantitative estimate of drug-likeness (QED) is 0.415. The molecule has 3 rings (SSSR count). The number of fused-ring (bicyclic) bond motifs is 1. The van der Waals surface area contributed by atoms with Gasteiger partial charge in [-0.25, -0.2) is 32.5 Å². The zero-order chi connectivity index (χ0) is 19.7. The highest BCUT2D eigenvalue weighted by atomic mass is 19.3. The van der Waals surface area contributed by atoms with E-state index in [1.165, 1.54) is 35.9 Å². The van der Waals surface area contributed by atoms with E-state index in [0.29, 0.717) is 16.9 Å². The van der Waals surface area contributed by atoms with E-state index in [1.807, 2.05) is 0 Å². The molecule has 0 amide bonds. The SMILES string of the molecule is Cc1c(F)cc(Cc2nc(/C(N)=N/C(=N)C(F)F)cn3ccnc23)cc1F. The molecule has 0 fully saturated rings. The lowest BCUT2D eigenvalue weighted by Gasteiger charge is -2.09. The Morgan fingerprint density at radius 1 is 1.30 bits per heavy atom. The van der Waals surface area contributed by atoms with Gasteiger partial charge in [0.05, 0.1) is 5.69 Å². The minimum Gasteiger partial charge on any atom is -0.382 e. The lowest BCUT2D eigenvalue weighted by molar-refractivity contribution is 0.223. The molecule has 1 aromatic carbocycles. The van der Waals surface area contributed by atoms with E-state index < -0.39 is 23.9 Å². The number of nitrogens with one attached hydrogen (secondary N) is 1. The summed E-state index contributed by atoms with van der Waals surface area (Å²) < 4.78 is 54.1. The minimum atomic E-state index is -3.07. The van der Waals surface area contributed by atoms with Crippen molar-refractivity contribution in [1.29, 1.82) is 5.41 Å². The van der Waals surface area contributed by atoms with E-state index >= 15 is 0 Å². The number of amidine groups is 2. The monoisotopic (exact) mass is 378 g/mol. The maximum Gasteiger partial charge on any atom is 0.296 e. The summed E-state index contributed by atoms with van der Waals surface area (Å²) in [6, 6.07) is 2.38. The molecule has 0 unspecified atom stereocenters. The van der Waals surface area contributed by atoms with Crippen molar-refractivity contribution in [2.24, 2.45) is 10.7 Å². The first kappa shape index (κ1) is 18.5. The normalized spacial score (nSPS) is 12.1. The van der Waals surface area contributed by atoms with Crippen molar-refractivity contribution in [2.45, 2.75) is 19.8 Å². The molecular formula is C17H14F4N6. The second-order valence-electron chi connectivity index (χ2n) is 5.78. The van der Waals surface area contributed by atoms with Gasteiger partial charge in [-0.1, -0.05) is 0 Å². The van der Waals surface area contributed by atoms with Gasteiger partial charge < -0.3 is 10.1 Å². The number of alkyl halides is 2. The number of aliphatic imine (C=N–C) groups is 1. The van der Waals surface area contributed by atoms with Crippen LogP contribution in [0.3, 0.4) is 0 Å². The van der Waals surface area contributed by atoms with Crippen LogP contribution in [0.2, 0.25) is 0 Å². The molecule has 0 radical (unpaired) electrons. The number of benzene rings is 1. The molecule has 0 bridgehead atoms. The molecular weight excluding hydrogens is 364 g/mol. The summed E-state index contributed by atoms with van der Waals surface area (Å²) >= 11 is 0. The van der Waals surface area contributed by atoms with Crippen LogP contribution in [-0.2, 0) is 6.42 Å². The Morgan fingerprint density at radius 3 is 2.59 bits per heavy atom. The van der Waals surface area contributed by atoms with Gasteiger partial charge in [-0.2, -0.15) is 0 Å². The average Bonchev–Trinajstić information content (AvgIpc) is 3.08. The third kappa shape index (κ3) is 3.78. The summed E-state index contributed by atoms with van der Waals surface area (Å²) in [4.78, 5) is 11.7. The largest absolute Gasteiger partial charge is 0.382 e. The van der Waals surface area contributed by atoms with E-state index in [0.717, 1.165) is 0 Å². The average molecular weight is 378 g/mol. The van der Waals surface area contributed by atoms with Crippen LogP contribution in [0.25, 0.3) is 5.65 Å². The van der Waals surface area contributed by atoms with Gasteiger partial charge in [0.1, 0.15) is 17.3 Å². The Bertz CT molecular complexity index is 1030. The van der Waals surface area contributed by atoms with E-state index in [-0.39, 0.29) is 23.5 Å². The van der Waals surface area contributed by atoms with Crippen LogP contribution in [0.4, 0.5) is 17.6 Å². The van der Waals surface area contributed by atoms with Crippen molar-refractivity contribution in [1.82, 2.24) is 14.4 Å². The number of hydrogen-bond acceptors (Lipinski definition) is 3. The number of halogens is 4. The van der Waals surface area contributed by atoms with E-state index in [1.54, 1.807) is 6.20 Å². The van der Waals surface area contributed by atoms with E-state index in [4.69, 9.17) is 11.1 Å². The van der Waals surface area contributed by atoms with Crippen LogP contribution in [0.1, 0.15) is 22.5 Å². The predicted molar refractivity (Wildman–Crippen MR) is 91.3 cm³/mol. The molecule has 0 saturated carbocycles. The summed E-state index contributed by atoms with van der Waals surface area (Å²) in [6.07, 6.45) is 1.43. The Morgan fingerprint density at radius 2 is 1.96 bits per heavy atom. The zero-order valence-corrected chi connectivity index (χ0v) is 14.0. The predicted octanol–water partition coefficient (Wildman–Crippen LogP) is 2.85. The maximum atomic E-state index is 13.8. The first-order valence-corrected chi connectivity index (χ1v) is 7.74. The van der Waals surface area contributed by atoms with Crippen molar-refractivity contribution >= 4 is 17.3 Å². The third-order valence-corrected chi connectivity index (χ3v) is 3.87. The van der Waals surface area contributed by atoms with Crippen LogP contribution in [0.5, 0.6) is 0 Å². The second-order valence-corrected chi connectivity index (χ2v) is 5.78. The number of nitrogens with zero attached hydrogens (tertiary/aromatic N) is 4. The van der Waals surface area contributed by atoms with Gasteiger partial charge in [0, 0.05) is 30.6 Å². The molecule has 2 heterocycles. The van der Waals surface area contributed by atoms with Gasteiger partial charge in [0.25, 0.3) is 6.43 Å². The van der Waals surface area contributed by atoms with Gasteiger partial charge in [0.15, 0.2) is 17.3 Å². The van der Waals surface area contributed by atoms with Crippen LogP contribution in [-0.4, -0.2) is 32.5 Å². The highest BCUT2D eigenvalue weighted by molar-refractivity contribution is 6.04. The van der Waals surface area contributed by atoms with Crippen molar-refractivity contribution in [3.8, 4) is 0 Å². The summed E-state index contributed by atoms with van der Waals surface area (Å²) in [6.45, 7) is 1.33. The molecule has 0 spiro atoms. The number of nitrogens with two attached hydrogens (primary N) is 1. The summed E-state index contributed by atoms with van der Waals surface area (Å²) in [5, 5.41) is 7.11. The molecule has 140 valence electrons. The molecule has 27 heavy (non-hydrogen) atoms. The maximum absolute atomic E-state index is 13.8. The Labute approximate surface area is 150 Å². The fraction of sp³-hybridized carbons (Fsp3) is 0.176. The van der Waals surface area contributed by atoms with Crippen LogP contribution < -0.4 is 5.73 Å². The molecule has 6 nitrogen and oxygen atoms in total. The Kier molecular flexibility index (Phi) is 4.89. The Balaban J connectivity index is 2.05. The first-order chi connectivity index (χ1) is 12.8. The number of aromatic nitrogens is 3. The van der Waals surface area contributed by atoms with Gasteiger partial charge in [-0.3, -0.25) is 5.41 Å². The highest BCUT2D eigenvalue weighted by Gasteiger charge is 2.15. The standard InChI is InChI=1S/C17H14F4N6/c1-8-10(18)4-9(5-11(8)19)6-12-17-24-2-3-27(17)7-13(25-12)15(22)26-16(23)14(20)21/h2-5,7,14H,6H2,1H3,(H3,22,23,26). The topological polar surface area (TPSA) is 92.4 Å². The molecule has 3 N–H and O–H groups in total. The van der Waals surface area contributed by atoms with Crippen molar-refractivity contribution < 1.29 is 17.6 Å². The number of hydrogen-bond donors (Lipinski definition) is 2. The van der Waals surface area contributed by atoms with Crippen LogP contribution in [0.15, 0.2) is 35.7 Å².